The smallest absolute Gasteiger partial charge is 0.177 e. The van der Waals surface area contributed by atoms with Gasteiger partial charge in [0.25, 0.3) is 0 Å². The molecule has 9 heteroatoms. The third-order valence-electron chi connectivity index (χ3n) is 5.39. The second-order valence-electron chi connectivity index (χ2n) is 7.08. The van der Waals surface area contributed by atoms with Gasteiger partial charge in [0.15, 0.2) is 5.65 Å². The summed E-state index contributed by atoms with van der Waals surface area (Å²) in [5, 5.41) is 12.5. The first-order valence-electron chi connectivity index (χ1n) is 9.61. The molecule has 5 heterocycles. The lowest BCUT2D eigenvalue weighted by molar-refractivity contribution is 0.572. The molecule has 0 spiro atoms. The lowest BCUT2D eigenvalue weighted by Gasteiger charge is -2.36. The largest absolute Gasteiger partial charge is 0.356 e. The van der Waals surface area contributed by atoms with E-state index in [0.717, 1.165) is 62.4 Å². The Labute approximate surface area is 157 Å². The van der Waals surface area contributed by atoms with E-state index in [-0.39, 0.29) is 0 Å². The molecule has 2 aliphatic heterocycles. The monoisotopic (exact) mass is 365 g/mol. The standard InChI is InChI=1S/C18H23N9/c1-2-6-24(7-3-1)17-12-18(20-13-19-17)26-10-8-25(9-11-26)16-5-4-15-22-21-14-27(15)23-16/h4-5,12-14H,1-3,6-11H2. The molecule has 0 bridgehead atoms. The molecule has 0 aliphatic carbocycles. The van der Waals surface area contributed by atoms with Gasteiger partial charge in [-0.2, -0.15) is 4.52 Å². The first-order chi connectivity index (χ1) is 13.4. The lowest BCUT2D eigenvalue weighted by atomic mass is 10.1. The Morgan fingerprint density at radius 1 is 0.704 bits per heavy atom. The van der Waals surface area contributed by atoms with Crippen LogP contribution in [-0.2, 0) is 0 Å². The molecule has 3 aromatic heterocycles. The van der Waals surface area contributed by atoms with Crippen molar-refractivity contribution < 1.29 is 0 Å². The van der Waals surface area contributed by atoms with Gasteiger partial charge in [0.05, 0.1) is 0 Å². The van der Waals surface area contributed by atoms with E-state index in [9.17, 15) is 0 Å². The third kappa shape index (κ3) is 3.24. The maximum atomic E-state index is 4.60. The van der Waals surface area contributed by atoms with Gasteiger partial charge in [0.2, 0.25) is 0 Å². The van der Waals surface area contributed by atoms with Crippen LogP contribution in [0.5, 0.6) is 0 Å². The van der Waals surface area contributed by atoms with Crippen molar-refractivity contribution >= 4 is 23.1 Å². The molecule has 0 unspecified atom stereocenters. The second-order valence-corrected chi connectivity index (χ2v) is 7.08. The van der Waals surface area contributed by atoms with Gasteiger partial charge in [-0.05, 0) is 31.4 Å². The molecular weight excluding hydrogens is 342 g/mol. The SMILES string of the molecule is c1nc(N2CCCCC2)cc(N2CCN(c3ccc4nncn4n3)CC2)n1. The topological polar surface area (TPSA) is 78.6 Å². The highest BCUT2D eigenvalue weighted by atomic mass is 15.4. The molecule has 140 valence electrons. The second kappa shape index (κ2) is 6.98. The molecule has 9 nitrogen and oxygen atoms in total. The average molecular weight is 365 g/mol. The van der Waals surface area contributed by atoms with E-state index in [1.54, 1.807) is 17.2 Å². The van der Waals surface area contributed by atoms with Crippen LogP contribution in [-0.4, -0.2) is 69.0 Å². The molecule has 0 N–H and O–H groups in total. The van der Waals surface area contributed by atoms with Gasteiger partial charge >= 0.3 is 0 Å². The average Bonchev–Trinajstić information content (AvgIpc) is 3.22. The van der Waals surface area contributed by atoms with Crippen LogP contribution >= 0.6 is 0 Å². The number of piperidine rings is 1. The van der Waals surface area contributed by atoms with Crippen molar-refractivity contribution in [1.29, 1.82) is 0 Å². The van der Waals surface area contributed by atoms with Crippen molar-refractivity contribution in [1.82, 2.24) is 29.8 Å². The molecular formula is C18H23N9. The number of rotatable bonds is 3. The molecule has 0 atom stereocenters. The summed E-state index contributed by atoms with van der Waals surface area (Å²) in [7, 11) is 0. The molecule has 0 saturated carbocycles. The first-order valence-corrected chi connectivity index (χ1v) is 9.61. The molecule has 5 rings (SSSR count). The molecule has 0 aromatic carbocycles. The fourth-order valence-electron chi connectivity index (χ4n) is 3.86. The van der Waals surface area contributed by atoms with Gasteiger partial charge in [-0.1, -0.05) is 0 Å². The summed E-state index contributed by atoms with van der Waals surface area (Å²) in [5.41, 5.74) is 0.767. The maximum absolute atomic E-state index is 4.60. The molecule has 2 aliphatic rings. The number of anilines is 3. The molecule has 2 fully saturated rings. The number of piperazine rings is 1. The molecule has 2 saturated heterocycles. The number of hydrogen-bond donors (Lipinski definition) is 0. The van der Waals surface area contributed by atoms with E-state index in [0.29, 0.717) is 0 Å². The predicted octanol–water partition coefficient (Wildman–Crippen LogP) is 1.23. The van der Waals surface area contributed by atoms with Crippen LogP contribution in [0.2, 0.25) is 0 Å². The summed E-state index contributed by atoms with van der Waals surface area (Å²) < 4.78 is 1.72. The third-order valence-corrected chi connectivity index (χ3v) is 5.39. The van der Waals surface area contributed by atoms with E-state index < -0.39 is 0 Å². The molecule has 27 heavy (non-hydrogen) atoms. The summed E-state index contributed by atoms with van der Waals surface area (Å²) in [6.45, 7) is 5.84. The minimum Gasteiger partial charge on any atom is -0.356 e. The van der Waals surface area contributed by atoms with Crippen molar-refractivity contribution in [3.63, 3.8) is 0 Å². The number of hydrogen-bond acceptors (Lipinski definition) is 8. The van der Waals surface area contributed by atoms with Gasteiger partial charge < -0.3 is 14.7 Å². The molecule has 0 amide bonds. The highest BCUT2D eigenvalue weighted by Crippen LogP contribution is 2.23. The van der Waals surface area contributed by atoms with Crippen LogP contribution < -0.4 is 14.7 Å². The summed E-state index contributed by atoms with van der Waals surface area (Å²) in [6.07, 6.45) is 7.17. The Bertz CT molecular complexity index is 910. The normalized spacial score (nSPS) is 18.3. The fraction of sp³-hybridized carbons (Fsp3) is 0.500. The Morgan fingerprint density at radius 3 is 2.11 bits per heavy atom. The Balaban J connectivity index is 1.27. The van der Waals surface area contributed by atoms with Gasteiger partial charge in [-0.15, -0.1) is 15.3 Å². The van der Waals surface area contributed by atoms with Crippen LogP contribution in [0.4, 0.5) is 17.5 Å². The Morgan fingerprint density at radius 2 is 1.37 bits per heavy atom. The summed E-state index contributed by atoms with van der Waals surface area (Å²) >= 11 is 0. The fourth-order valence-corrected chi connectivity index (χ4v) is 3.86. The summed E-state index contributed by atoms with van der Waals surface area (Å²) in [6, 6.07) is 6.11. The van der Waals surface area contributed by atoms with Gasteiger partial charge in [-0.25, -0.2) is 9.97 Å². The van der Waals surface area contributed by atoms with Crippen LogP contribution in [0.15, 0.2) is 30.9 Å². The van der Waals surface area contributed by atoms with E-state index in [1.807, 2.05) is 12.1 Å². The lowest BCUT2D eigenvalue weighted by Crippen LogP contribution is -2.47. The van der Waals surface area contributed by atoms with Crippen molar-refractivity contribution in [3.8, 4) is 0 Å². The van der Waals surface area contributed by atoms with Crippen LogP contribution in [0.1, 0.15) is 19.3 Å². The predicted molar refractivity (Wildman–Crippen MR) is 103 cm³/mol. The van der Waals surface area contributed by atoms with E-state index in [1.165, 1.54) is 19.3 Å². The number of aromatic nitrogens is 6. The van der Waals surface area contributed by atoms with Crippen LogP contribution in [0, 0.1) is 0 Å². The van der Waals surface area contributed by atoms with Gasteiger partial charge in [-0.3, -0.25) is 0 Å². The number of fused-ring (bicyclic) bond motifs is 1. The van der Waals surface area contributed by atoms with E-state index >= 15 is 0 Å². The Hall–Kier alpha value is -2.97. The zero-order valence-electron chi connectivity index (χ0n) is 15.3. The minimum atomic E-state index is 0.767. The van der Waals surface area contributed by atoms with E-state index in [4.69, 9.17) is 0 Å². The highest BCUT2D eigenvalue weighted by Gasteiger charge is 2.21. The zero-order valence-corrected chi connectivity index (χ0v) is 15.3. The number of nitrogens with zero attached hydrogens (tertiary/aromatic N) is 9. The Kier molecular flexibility index (Phi) is 4.19. The van der Waals surface area contributed by atoms with Crippen molar-refractivity contribution in [2.45, 2.75) is 19.3 Å². The summed E-state index contributed by atoms with van der Waals surface area (Å²) in [5.74, 6) is 3.04. The van der Waals surface area contributed by atoms with Gasteiger partial charge in [0.1, 0.15) is 30.1 Å². The minimum absolute atomic E-state index is 0.767. The van der Waals surface area contributed by atoms with Gasteiger partial charge in [0, 0.05) is 45.3 Å². The first kappa shape index (κ1) is 16.2. The summed E-state index contributed by atoms with van der Waals surface area (Å²) in [4.78, 5) is 16.0. The van der Waals surface area contributed by atoms with Crippen LogP contribution in [0.25, 0.3) is 5.65 Å². The van der Waals surface area contributed by atoms with Crippen molar-refractivity contribution in [3.05, 3.63) is 30.9 Å². The van der Waals surface area contributed by atoms with Crippen molar-refractivity contribution in [2.75, 3.05) is 54.0 Å². The van der Waals surface area contributed by atoms with Crippen molar-refractivity contribution in [2.24, 2.45) is 0 Å². The zero-order chi connectivity index (χ0) is 18.1. The quantitative estimate of drug-likeness (QED) is 0.686. The van der Waals surface area contributed by atoms with E-state index in [2.05, 4.69) is 46.0 Å². The molecule has 3 aromatic rings. The highest BCUT2D eigenvalue weighted by molar-refractivity contribution is 5.52. The van der Waals surface area contributed by atoms with Crippen LogP contribution in [0.3, 0.4) is 0 Å². The maximum Gasteiger partial charge on any atom is 0.177 e. The molecule has 0 radical (unpaired) electrons.